The maximum absolute atomic E-state index is 12.9. The molecule has 4 nitrogen and oxygen atoms in total. The molecule has 25 heavy (non-hydrogen) atoms. The first-order chi connectivity index (χ1) is 11.5. The molecule has 0 atom stereocenters. The van der Waals surface area contributed by atoms with E-state index in [9.17, 15) is 4.79 Å². The molecule has 1 aromatic carbocycles. The van der Waals surface area contributed by atoms with Crippen LogP contribution in [0.5, 0.6) is 0 Å². The van der Waals surface area contributed by atoms with Crippen LogP contribution >= 0.6 is 46.7 Å². The van der Waals surface area contributed by atoms with Crippen molar-refractivity contribution in [3.05, 3.63) is 45.6 Å². The highest BCUT2D eigenvalue weighted by Crippen LogP contribution is 2.31. The number of fused-ring (bicyclic) bond motifs is 1. The smallest absolute Gasteiger partial charge is 0.270 e. The van der Waals surface area contributed by atoms with Crippen LogP contribution in [0.2, 0.25) is 4.34 Å². The molecule has 0 unspecified atom stereocenters. The summed E-state index contributed by atoms with van der Waals surface area (Å²) in [6.45, 7) is 1.55. The Labute approximate surface area is 166 Å². The van der Waals surface area contributed by atoms with Gasteiger partial charge < -0.3 is 4.90 Å². The summed E-state index contributed by atoms with van der Waals surface area (Å²) in [4.78, 5) is 22.1. The van der Waals surface area contributed by atoms with Gasteiger partial charge in [0, 0.05) is 6.54 Å². The zero-order valence-electron chi connectivity index (χ0n) is 13.9. The van der Waals surface area contributed by atoms with Crippen molar-refractivity contribution in [3.8, 4) is 0 Å². The second-order valence-corrected chi connectivity index (χ2v) is 8.41. The lowest BCUT2D eigenvalue weighted by Gasteiger charge is -2.20. The summed E-state index contributed by atoms with van der Waals surface area (Å²) >= 11 is 8.85. The molecule has 0 saturated carbocycles. The number of rotatable bonds is 6. The van der Waals surface area contributed by atoms with Crippen molar-refractivity contribution >= 4 is 67.9 Å². The van der Waals surface area contributed by atoms with Gasteiger partial charge in [-0.05, 0) is 51.3 Å². The Morgan fingerprint density at radius 2 is 1.88 bits per heavy atom. The van der Waals surface area contributed by atoms with Gasteiger partial charge in [0.05, 0.1) is 19.4 Å². The third-order valence-electron chi connectivity index (χ3n) is 3.53. The lowest BCUT2D eigenvalue weighted by Crippen LogP contribution is -2.32. The number of hydrogen-bond acceptors (Lipinski definition) is 5. The number of nitrogens with zero attached hydrogens (tertiary/aromatic N) is 3. The van der Waals surface area contributed by atoms with E-state index in [0.717, 1.165) is 28.3 Å². The minimum absolute atomic E-state index is 0. The topological polar surface area (TPSA) is 36.4 Å². The quantitative estimate of drug-likeness (QED) is 0.566. The second kappa shape index (κ2) is 8.96. The number of hydrogen-bond donors (Lipinski definition) is 0. The van der Waals surface area contributed by atoms with Crippen LogP contribution in [0.1, 0.15) is 16.1 Å². The van der Waals surface area contributed by atoms with Gasteiger partial charge in [0.1, 0.15) is 0 Å². The summed E-state index contributed by atoms with van der Waals surface area (Å²) in [5, 5.41) is 0.740. The SMILES string of the molecule is CN(C)CCCN(C(=O)c1ccc(Cl)s1)c1nc2ccccc2s1.Cl. The molecule has 0 aliphatic carbocycles. The van der Waals surface area contributed by atoms with Gasteiger partial charge in [-0.25, -0.2) is 4.98 Å². The van der Waals surface area contributed by atoms with Crippen LogP contribution in [0, 0.1) is 0 Å². The molecule has 2 heterocycles. The van der Waals surface area contributed by atoms with Crippen LogP contribution in [0.4, 0.5) is 5.13 Å². The molecule has 0 radical (unpaired) electrons. The molecule has 3 rings (SSSR count). The van der Waals surface area contributed by atoms with Gasteiger partial charge >= 0.3 is 0 Å². The van der Waals surface area contributed by atoms with Crippen LogP contribution in [-0.4, -0.2) is 43.0 Å². The van der Waals surface area contributed by atoms with Gasteiger partial charge in [0.25, 0.3) is 5.91 Å². The highest BCUT2D eigenvalue weighted by Gasteiger charge is 2.22. The molecule has 0 aliphatic rings. The normalized spacial score (nSPS) is 10.9. The first kappa shape index (κ1) is 20.1. The first-order valence-corrected chi connectivity index (χ1v) is 9.63. The number of thiazole rings is 1. The molecule has 134 valence electrons. The van der Waals surface area contributed by atoms with E-state index in [1.165, 1.54) is 11.3 Å². The molecule has 0 aliphatic heterocycles. The Balaban J connectivity index is 0.00000225. The van der Waals surface area contributed by atoms with Crippen LogP contribution in [0.25, 0.3) is 10.2 Å². The Morgan fingerprint density at radius 1 is 1.12 bits per heavy atom. The average molecular weight is 416 g/mol. The number of halogens is 2. The van der Waals surface area contributed by atoms with Crippen molar-refractivity contribution in [1.29, 1.82) is 0 Å². The second-order valence-electron chi connectivity index (χ2n) is 5.68. The number of amides is 1. The number of aromatic nitrogens is 1. The van der Waals surface area contributed by atoms with E-state index in [4.69, 9.17) is 11.6 Å². The van der Waals surface area contributed by atoms with Crippen molar-refractivity contribution in [2.24, 2.45) is 0 Å². The van der Waals surface area contributed by atoms with Crippen molar-refractivity contribution in [1.82, 2.24) is 9.88 Å². The number of thiophene rings is 1. The maximum Gasteiger partial charge on any atom is 0.270 e. The Kier molecular flexibility index (Phi) is 7.22. The third kappa shape index (κ3) is 4.92. The van der Waals surface area contributed by atoms with E-state index in [0.29, 0.717) is 15.8 Å². The Hall–Kier alpha value is -1.18. The fourth-order valence-electron chi connectivity index (χ4n) is 2.37. The predicted molar refractivity (Wildman–Crippen MR) is 111 cm³/mol. The fraction of sp³-hybridized carbons (Fsp3) is 0.294. The van der Waals surface area contributed by atoms with Gasteiger partial charge in [-0.3, -0.25) is 9.69 Å². The van der Waals surface area contributed by atoms with Crippen LogP contribution < -0.4 is 4.90 Å². The summed E-state index contributed by atoms with van der Waals surface area (Å²) in [7, 11) is 4.06. The zero-order chi connectivity index (χ0) is 17.1. The molecular formula is C17H19Cl2N3OS2. The highest BCUT2D eigenvalue weighted by molar-refractivity contribution is 7.22. The lowest BCUT2D eigenvalue weighted by molar-refractivity contribution is 0.0990. The molecular weight excluding hydrogens is 397 g/mol. The van der Waals surface area contributed by atoms with E-state index in [-0.39, 0.29) is 18.3 Å². The molecule has 0 fully saturated rings. The monoisotopic (exact) mass is 415 g/mol. The van der Waals surface area contributed by atoms with Crippen molar-refractivity contribution in [3.63, 3.8) is 0 Å². The molecule has 0 bridgehead atoms. The van der Waals surface area contributed by atoms with E-state index in [2.05, 4.69) is 9.88 Å². The van der Waals surface area contributed by atoms with Gasteiger partial charge in [-0.1, -0.05) is 35.1 Å². The average Bonchev–Trinajstić information content (AvgIpc) is 3.16. The number of anilines is 1. The summed E-state index contributed by atoms with van der Waals surface area (Å²) in [5.41, 5.74) is 0.923. The van der Waals surface area contributed by atoms with Crippen LogP contribution in [0.15, 0.2) is 36.4 Å². The fourth-order valence-corrected chi connectivity index (χ4v) is 4.35. The molecule has 0 N–H and O–H groups in total. The molecule has 2 aromatic heterocycles. The van der Waals surface area contributed by atoms with E-state index >= 15 is 0 Å². The molecule has 3 aromatic rings. The summed E-state index contributed by atoms with van der Waals surface area (Å²) in [5.74, 6) is -0.0373. The van der Waals surface area contributed by atoms with Gasteiger partial charge in [-0.15, -0.1) is 23.7 Å². The Bertz CT molecular complexity index is 814. The minimum Gasteiger partial charge on any atom is -0.309 e. The van der Waals surface area contributed by atoms with Gasteiger partial charge in [-0.2, -0.15) is 0 Å². The standard InChI is InChI=1S/C17H18ClN3OS2.ClH/c1-20(2)10-5-11-21(16(22)14-8-9-15(18)23-14)17-19-12-6-3-4-7-13(12)24-17;/h3-4,6-9H,5,10-11H2,1-2H3;1H. The van der Waals surface area contributed by atoms with Gasteiger partial charge in [0.2, 0.25) is 0 Å². The van der Waals surface area contributed by atoms with Crippen LogP contribution in [-0.2, 0) is 0 Å². The minimum atomic E-state index is -0.0373. The predicted octanol–water partition coefficient (Wildman–Crippen LogP) is 5.03. The third-order valence-corrected chi connectivity index (χ3v) is 5.81. The van der Waals surface area contributed by atoms with Crippen LogP contribution in [0.3, 0.4) is 0 Å². The van der Waals surface area contributed by atoms with E-state index in [1.54, 1.807) is 28.4 Å². The number of benzene rings is 1. The number of para-hydroxylation sites is 1. The maximum atomic E-state index is 12.9. The summed E-state index contributed by atoms with van der Waals surface area (Å²) < 4.78 is 1.71. The summed E-state index contributed by atoms with van der Waals surface area (Å²) in [6.07, 6.45) is 0.883. The molecule has 0 spiro atoms. The summed E-state index contributed by atoms with van der Waals surface area (Å²) in [6, 6.07) is 11.5. The number of carbonyl (C=O) groups is 1. The largest absolute Gasteiger partial charge is 0.309 e. The van der Waals surface area contributed by atoms with Crippen molar-refractivity contribution in [2.45, 2.75) is 6.42 Å². The number of carbonyl (C=O) groups excluding carboxylic acids is 1. The van der Waals surface area contributed by atoms with Crippen molar-refractivity contribution in [2.75, 3.05) is 32.1 Å². The van der Waals surface area contributed by atoms with E-state index < -0.39 is 0 Å². The van der Waals surface area contributed by atoms with Gasteiger partial charge in [0.15, 0.2) is 5.13 Å². The van der Waals surface area contributed by atoms with E-state index in [1.807, 2.05) is 38.4 Å². The molecule has 8 heteroatoms. The lowest BCUT2D eigenvalue weighted by atomic mass is 10.3. The first-order valence-electron chi connectivity index (χ1n) is 7.62. The zero-order valence-corrected chi connectivity index (χ0v) is 17.1. The highest BCUT2D eigenvalue weighted by atomic mass is 35.5. The molecule has 0 saturated heterocycles. The Morgan fingerprint density at radius 3 is 2.52 bits per heavy atom. The van der Waals surface area contributed by atoms with Crippen molar-refractivity contribution < 1.29 is 4.79 Å². The molecule has 1 amide bonds.